The van der Waals surface area contributed by atoms with E-state index in [1.807, 2.05) is 0 Å². The molecule has 1 fully saturated rings. The van der Waals surface area contributed by atoms with Crippen LogP contribution in [0.3, 0.4) is 0 Å². The van der Waals surface area contributed by atoms with Gasteiger partial charge < -0.3 is 19.1 Å². The summed E-state index contributed by atoms with van der Waals surface area (Å²) in [6.45, 7) is 0.699. The van der Waals surface area contributed by atoms with Crippen LogP contribution < -0.4 is 14.2 Å². The van der Waals surface area contributed by atoms with Crippen LogP contribution in [0.4, 0.5) is 13.2 Å². The smallest absolute Gasteiger partial charge is 0.393 e. The summed E-state index contributed by atoms with van der Waals surface area (Å²) < 4.78 is 54.9. The van der Waals surface area contributed by atoms with E-state index in [2.05, 4.69) is 0 Å². The number of piperidine rings is 1. The quantitative estimate of drug-likeness (QED) is 0.827. The van der Waals surface area contributed by atoms with Gasteiger partial charge in [0.1, 0.15) is 13.2 Å². The number of rotatable bonds is 2. The maximum atomic E-state index is 12.9. The summed E-state index contributed by atoms with van der Waals surface area (Å²) in [4.78, 5) is 13.9. The molecular weight excluding hydrogens is 327 g/mol. The highest BCUT2D eigenvalue weighted by Gasteiger charge is 2.42. The highest BCUT2D eigenvalue weighted by Crippen LogP contribution is 2.41. The van der Waals surface area contributed by atoms with Crippen LogP contribution in [0, 0.1) is 5.92 Å². The normalized spacial score (nSPS) is 20.7. The average molecular weight is 345 g/mol. The van der Waals surface area contributed by atoms with Crippen LogP contribution in [-0.2, 0) is 0 Å². The number of hydrogen-bond acceptors (Lipinski definition) is 4. The van der Waals surface area contributed by atoms with Gasteiger partial charge in [-0.25, -0.2) is 0 Å². The van der Waals surface area contributed by atoms with Crippen LogP contribution in [0.1, 0.15) is 23.2 Å². The van der Waals surface area contributed by atoms with Crippen LogP contribution in [0.15, 0.2) is 12.1 Å². The monoisotopic (exact) mass is 345 g/mol. The number of carbonyl (C=O) groups is 1. The number of amides is 1. The number of carbonyl (C=O) groups excluding carboxylic acids is 1. The fourth-order valence-electron chi connectivity index (χ4n) is 3.01. The van der Waals surface area contributed by atoms with Crippen LogP contribution in [0.25, 0.3) is 0 Å². The number of likely N-dealkylation sites (tertiary alicyclic amines) is 1. The van der Waals surface area contributed by atoms with Crippen LogP contribution >= 0.6 is 0 Å². The zero-order chi connectivity index (χ0) is 17.3. The third-order valence-corrected chi connectivity index (χ3v) is 4.25. The van der Waals surface area contributed by atoms with Crippen molar-refractivity contribution in [1.29, 1.82) is 0 Å². The van der Waals surface area contributed by atoms with Crippen molar-refractivity contribution in [3.8, 4) is 17.2 Å². The van der Waals surface area contributed by atoms with Gasteiger partial charge in [-0.1, -0.05) is 0 Å². The average Bonchev–Trinajstić information content (AvgIpc) is 2.59. The maximum Gasteiger partial charge on any atom is 0.393 e. The molecule has 2 aliphatic heterocycles. The van der Waals surface area contributed by atoms with Crippen LogP contribution in [-0.4, -0.2) is 50.4 Å². The van der Waals surface area contributed by atoms with Gasteiger partial charge >= 0.3 is 6.18 Å². The first kappa shape index (κ1) is 16.7. The third-order valence-electron chi connectivity index (χ3n) is 4.25. The Balaban J connectivity index is 1.84. The third kappa shape index (κ3) is 3.22. The lowest BCUT2D eigenvalue weighted by atomic mass is 9.97. The molecule has 1 atom stereocenters. The van der Waals surface area contributed by atoms with Gasteiger partial charge in [-0.05, 0) is 25.0 Å². The summed E-state index contributed by atoms with van der Waals surface area (Å²) >= 11 is 0. The molecule has 1 aromatic rings. The first-order valence-electron chi connectivity index (χ1n) is 7.73. The first-order valence-corrected chi connectivity index (χ1v) is 7.73. The first-order chi connectivity index (χ1) is 11.4. The van der Waals surface area contributed by atoms with Gasteiger partial charge in [-0.3, -0.25) is 4.79 Å². The number of halogens is 3. The van der Waals surface area contributed by atoms with Gasteiger partial charge in [0.05, 0.1) is 13.0 Å². The lowest BCUT2D eigenvalue weighted by Gasteiger charge is -2.34. The number of alkyl halides is 3. The second kappa shape index (κ2) is 6.41. The molecule has 132 valence electrons. The van der Waals surface area contributed by atoms with Crippen molar-refractivity contribution in [1.82, 2.24) is 4.90 Å². The van der Waals surface area contributed by atoms with Crippen molar-refractivity contribution in [2.45, 2.75) is 19.0 Å². The van der Waals surface area contributed by atoms with Gasteiger partial charge in [0.15, 0.2) is 11.5 Å². The van der Waals surface area contributed by atoms with E-state index in [9.17, 15) is 18.0 Å². The summed E-state index contributed by atoms with van der Waals surface area (Å²) in [5.41, 5.74) is 0.235. The molecule has 2 aliphatic rings. The molecular formula is C16H18F3NO4. The van der Waals surface area contributed by atoms with Crippen molar-refractivity contribution < 1.29 is 32.2 Å². The number of hydrogen-bond donors (Lipinski definition) is 0. The second-order valence-electron chi connectivity index (χ2n) is 5.83. The second-order valence-corrected chi connectivity index (χ2v) is 5.83. The molecule has 0 aliphatic carbocycles. The fraction of sp³-hybridized carbons (Fsp3) is 0.562. The predicted molar refractivity (Wildman–Crippen MR) is 78.7 cm³/mol. The van der Waals surface area contributed by atoms with E-state index in [-0.39, 0.29) is 18.5 Å². The molecule has 3 rings (SSSR count). The highest BCUT2D eigenvalue weighted by molar-refractivity contribution is 5.95. The van der Waals surface area contributed by atoms with Crippen molar-refractivity contribution in [3.63, 3.8) is 0 Å². The van der Waals surface area contributed by atoms with E-state index in [0.717, 1.165) is 0 Å². The maximum absolute atomic E-state index is 12.9. The molecule has 0 bridgehead atoms. The van der Waals surface area contributed by atoms with Crippen molar-refractivity contribution >= 4 is 5.91 Å². The van der Waals surface area contributed by atoms with E-state index in [1.54, 1.807) is 0 Å². The number of benzene rings is 1. The minimum atomic E-state index is -4.29. The fourth-order valence-corrected chi connectivity index (χ4v) is 3.01. The zero-order valence-electron chi connectivity index (χ0n) is 13.2. The van der Waals surface area contributed by atoms with Gasteiger partial charge in [-0.2, -0.15) is 13.2 Å². The number of ether oxygens (including phenoxy) is 3. The molecule has 24 heavy (non-hydrogen) atoms. The molecule has 0 N–H and O–H groups in total. The Morgan fingerprint density at radius 3 is 2.75 bits per heavy atom. The molecule has 1 saturated heterocycles. The Labute approximate surface area is 137 Å². The number of nitrogens with zero attached hydrogens (tertiary/aromatic N) is 1. The molecule has 0 radical (unpaired) electrons. The lowest BCUT2D eigenvalue weighted by molar-refractivity contribution is -0.184. The molecule has 1 amide bonds. The molecule has 1 aromatic carbocycles. The number of methoxy groups -OCH3 is 1. The van der Waals surface area contributed by atoms with Crippen molar-refractivity contribution in [2.24, 2.45) is 5.92 Å². The lowest BCUT2D eigenvalue weighted by Crippen LogP contribution is -2.44. The highest BCUT2D eigenvalue weighted by atomic mass is 19.4. The summed E-state index contributed by atoms with van der Waals surface area (Å²) in [7, 11) is 1.43. The predicted octanol–water partition coefficient (Wildman–Crippen LogP) is 2.88. The summed E-state index contributed by atoms with van der Waals surface area (Å²) in [6, 6.07) is 2.98. The van der Waals surface area contributed by atoms with E-state index in [1.165, 1.54) is 24.1 Å². The van der Waals surface area contributed by atoms with E-state index >= 15 is 0 Å². The van der Waals surface area contributed by atoms with Crippen LogP contribution in [0.5, 0.6) is 17.2 Å². The Hall–Kier alpha value is -2.12. The molecule has 0 unspecified atom stereocenters. The molecule has 2 heterocycles. The van der Waals surface area contributed by atoms with Crippen molar-refractivity contribution in [2.75, 3.05) is 33.4 Å². The van der Waals surface area contributed by atoms with Crippen LogP contribution in [0.2, 0.25) is 0 Å². The Kier molecular flexibility index (Phi) is 4.47. The summed E-state index contributed by atoms with van der Waals surface area (Å²) in [5.74, 6) is -0.825. The standard InChI is InChI=1S/C16H18F3NO4/c1-22-12-7-10(8-13-14(12)24-6-5-23-13)15(21)20-4-2-3-11(9-20)16(17,18)19/h7-8,11H,2-6,9H2,1H3/t11-/m1/s1. The molecule has 5 nitrogen and oxygen atoms in total. The minimum absolute atomic E-state index is 0.0533. The van der Waals surface area contributed by atoms with Gasteiger partial charge in [0.2, 0.25) is 5.75 Å². The van der Waals surface area contributed by atoms with E-state index < -0.39 is 18.0 Å². The van der Waals surface area contributed by atoms with Gasteiger partial charge in [0.25, 0.3) is 5.91 Å². The molecule has 8 heteroatoms. The Bertz CT molecular complexity index is 615. The Morgan fingerprint density at radius 2 is 2.04 bits per heavy atom. The topological polar surface area (TPSA) is 48.0 Å². The van der Waals surface area contributed by atoms with E-state index in [0.29, 0.717) is 43.4 Å². The molecule has 0 aromatic heterocycles. The summed E-state index contributed by atoms with van der Waals surface area (Å²) in [5, 5.41) is 0. The number of fused-ring (bicyclic) bond motifs is 1. The zero-order valence-corrected chi connectivity index (χ0v) is 13.2. The van der Waals surface area contributed by atoms with E-state index in [4.69, 9.17) is 14.2 Å². The molecule has 0 spiro atoms. The largest absolute Gasteiger partial charge is 0.493 e. The summed E-state index contributed by atoms with van der Waals surface area (Å²) in [6.07, 6.45) is -3.90. The van der Waals surface area contributed by atoms with Gasteiger partial charge in [-0.15, -0.1) is 0 Å². The Morgan fingerprint density at radius 1 is 1.29 bits per heavy atom. The molecule has 0 saturated carbocycles. The van der Waals surface area contributed by atoms with Gasteiger partial charge in [0, 0.05) is 18.7 Å². The minimum Gasteiger partial charge on any atom is -0.493 e. The van der Waals surface area contributed by atoms with Crippen molar-refractivity contribution in [3.05, 3.63) is 17.7 Å². The SMILES string of the molecule is COc1cc(C(=O)N2CCC[C@@H](C(F)(F)F)C2)cc2c1OCCO2.